The van der Waals surface area contributed by atoms with Crippen LogP contribution in [0.2, 0.25) is 0 Å². The summed E-state index contributed by atoms with van der Waals surface area (Å²) >= 11 is 1.66. The molecule has 2 aliphatic rings. The second-order valence-electron chi connectivity index (χ2n) is 16.1. The molecule has 0 bridgehead atoms. The lowest BCUT2D eigenvalue weighted by atomic mass is 9.86. The second kappa shape index (κ2) is 14.5. The summed E-state index contributed by atoms with van der Waals surface area (Å²) < 4.78 is 48.5. The van der Waals surface area contributed by atoms with Crippen molar-refractivity contribution in [1.82, 2.24) is 0 Å². The van der Waals surface area contributed by atoms with Crippen LogP contribution in [0.15, 0.2) is 16.5 Å². The Labute approximate surface area is 294 Å². The highest BCUT2D eigenvalue weighted by Crippen LogP contribution is 2.47. The molecule has 2 aliphatic heterocycles. The number of benzene rings is 1. The highest BCUT2D eigenvalue weighted by molar-refractivity contribution is 7.28. The van der Waals surface area contributed by atoms with E-state index in [1.807, 2.05) is 0 Å². The first kappa shape index (κ1) is 37.5. The van der Waals surface area contributed by atoms with E-state index in [1.54, 1.807) is 11.3 Å². The largest absolute Gasteiger partial charge is 0.532 e. The van der Waals surface area contributed by atoms with Crippen LogP contribution in [0.3, 0.4) is 0 Å². The van der Waals surface area contributed by atoms with Crippen molar-refractivity contribution in [3.8, 4) is 11.5 Å². The van der Waals surface area contributed by atoms with Gasteiger partial charge in [0.25, 0.3) is 0 Å². The van der Waals surface area contributed by atoms with Crippen LogP contribution in [-0.4, -0.2) is 49.9 Å². The van der Waals surface area contributed by atoms with Crippen LogP contribution < -0.4 is 19.9 Å². The van der Waals surface area contributed by atoms with E-state index in [2.05, 4.69) is 95.2 Å². The lowest BCUT2D eigenvalue weighted by Gasteiger charge is -2.32. The summed E-state index contributed by atoms with van der Waals surface area (Å²) in [5.41, 5.74) is -0.577. The minimum absolute atomic E-state index is 0.445. The summed E-state index contributed by atoms with van der Waals surface area (Å²) in [5.74, 6) is 2.47. The van der Waals surface area contributed by atoms with Gasteiger partial charge < -0.3 is 32.5 Å². The van der Waals surface area contributed by atoms with E-state index in [-0.39, 0.29) is 0 Å². The molecule has 4 heterocycles. The van der Waals surface area contributed by atoms with Crippen LogP contribution in [0.5, 0.6) is 11.5 Å². The molecule has 2 fully saturated rings. The molecule has 1 aromatic carbocycles. The maximum Gasteiger partial charge on any atom is 0.532 e. The topological polar surface area (TPSA) is 68.5 Å². The zero-order valence-corrected chi connectivity index (χ0v) is 32.6. The van der Waals surface area contributed by atoms with Gasteiger partial charge in [0.2, 0.25) is 0 Å². The molecule has 48 heavy (non-hydrogen) atoms. The Morgan fingerprint density at radius 2 is 1.12 bits per heavy atom. The summed E-state index contributed by atoms with van der Waals surface area (Å²) in [6.07, 6.45) is 9.14. The third-order valence-electron chi connectivity index (χ3n) is 11.4. The van der Waals surface area contributed by atoms with E-state index >= 15 is 0 Å². The van der Waals surface area contributed by atoms with Crippen molar-refractivity contribution in [3.05, 3.63) is 12.1 Å². The van der Waals surface area contributed by atoms with E-state index in [1.165, 1.54) is 25.7 Å². The number of fused-ring (bicyclic) bond motifs is 2. The van der Waals surface area contributed by atoms with Gasteiger partial charge in [0.05, 0.1) is 45.7 Å². The van der Waals surface area contributed by atoms with Crippen LogP contribution >= 0.6 is 11.3 Å². The van der Waals surface area contributed by atoms with Gasteiger partial charge in [-0.25, -0.2) is 0 Å². The van der Waals surface area contributed by atoms with E-state index in [4.69, 9.17) is 32.5 Å². The van der Waals surface area contributed by atoms with Crippen molar-refractivity contribution in [3.63, 3.8) is 0 Å². The normalized spacial score (nSPS) is 21.0. The molecule has 0 amide bonds. The third-order valence-corrected chi connectivity index (χ3v) is 12.5. The van der Waals surface area contributed by atoms with E-state index in [0.29, 0.717) is 36.3 Å². The van der Waals surface area contributed by atoms with Gasteiger partial charge in [0, 0.05) is 10.2 Å². The van der Waals surface area contributed by atoms with Crippen molar-refractivity contribution in [2.75, 3.05) is 13.2 Å². The first-order valence-electron chi connectivity index (χ1n) is 18.6. The lowest BCUT2D eigenvalue weighted by Crippen LogP contribution is -2.41. The molecule has 0 radical (unpaired) electrons. The summed E-state index contributed by atoms with van der Waals surface area (Å²) in [6.45, 7) is 26.9. The Bertz CT molecular complexity index is 1340. The molecule has 2 saturated heterocycles. The number of thiophene rings is 1. The zero-order chi connectivity index (χ0) is 35.1. The van der Waals surface area contributed by atoms with Crippen molar-refractivity contribution in [2.45, 2.75) is 157 Å². The molecule has 3 aromatic rings. The van der Waals surface area contributed by atoms with Gasteiger partial charge in [-0.05, 0) is 92.2 Å². The number of hydrogen-bond acceptors (Lipinski definition) is 8. The van der Waals surface area contributed by atoms with Crippen molar-refractivity contribution in [1.29, 1.82) is 0 Å². The maximum absolute atomic E-state index is 6.88. The fourth-order valence-electron chi connectivity index (χ4n) is 6.38. The Kier molecular flexibility index (Phi) is 11.3. The van der Waals surface area contributed by atoms with Gasteiger partial charge in [0.1, 0.15) is 11.4 Å². The number of rotatable bonds is 16. The van der Waals surface area contributed by atoms with Crippen molar-refractivity contribution >= 4 is 57.1 Å². The SMILES string of the molecule is CCCCC(CC)COc1c2cc(B3OC(C)(C)C(C)(C)O3)sc2c(OCC(CC)CCCC)c2cc(B3OC(C)(C)C(C)(C)O3)oc12. The van der Waals surface area contributed by atoms with Gasteiger partial charge in [-0.15, -0.1) is 11.3 Å². The van der Waals surface area contributed by atoms with E-state index in [0.717, 1.165) is 57.4 Å². The first-order valence-corrected chi connectivity index (χ1v) is 19.4. The maximum atomic E-state index is 6.88. The molecule has 0 N–H and O–H groups in total. The molecule has 2 unspecified atom stereocenters. The average molecular weight is 683 g/mol. The molecular formula is C38H60B2O7S. The zero-order valence-electron chi connectivity index (χ0n) is 31.8. The average Bonchev–Trinajstić information content (AvgIpc) is 3.75. The first-order chi connectivity index (χ1) is 22.6. The van der Waals surface area contributed by atoms with Gasteiger partial charge in [-0.2, -0.15) is 0 Å². The molecule has 0 saturated carbocycles. The molecule has 2 atom stereocenters. The van der Waals surface area contributed by atoms with Gasteiger partial charge in [0.15, 0.2) is 11.3 Å². The van der Waals surface area contributed by atoms with Gasteiger partial charge in [-0.3, -0.25) is 0 Å². The molecular weight excluding hydrogens is 622 g/mol. The molecule has 266 valence electrons. The molecule has 0 spiro atoms. The standard InChI is InChI=1S/C38H60B2O7S/c1-13-17-19-25(15-3)23-41-31-28-22-30(40-46-37(9,10)38(11,12)47-40)48-34(28)33(42-24-26(16-4)20-18-14-2)27-21-29(43-32(27)31)39-44-35(5,6)36(7,8)45-39/h21-22,25-26H,13-20,23-24H2,1-12H3. The molecule has 5 rings (SSSR count). The highest BCUT2D eigenvalue weighted by atomic mass is 32.1. The monoisotopic (exact) mass is 682 g/mol. The van der Waals surface area contributed by atoms with Crippen LogP contribution in [0.25, 0.3) is 21.1 Å². The van der Waals surface area contributed by atoms with E-state index < -0.39 is 36.6 Å². The molecule has 2 aromatic heterocycles. The fraction of sp³-hybridized carbons (Fsp3) is 0.737. The van der Waals surface area contributed by atoms with Crippen molar-refractivity contribution < 1.29 is 32.5 Å². The number of unbranched alkanes of at least 4 members (excludes halogenated alkanes) is 2. The minimum Gasteiger partial charge on any atom is -0.491 e. The summed E-state index contributed by atoms with van der Waals surface area (Å²) in [4.78, 5) is 0. The lowest BCUT2D eigenvalue weighted by molar-refractivity contribution is 0.00578. The fourth-order valence-corrected chi connectivity index (χ4v) is 7.50. The predicted molar refractivity (Wildman–Crippen MR) is 201 cm³/mol. The smallest absolute Gasteiger partial charge is 0.491 e. The summed E-state index contributed by atoms with van der Waals surface area (Å²) in [6, 6.07) is 4.22. The van der Waals surface area contributed by atoms with Crippen LogP contribution in [-0.2, 0) is 18.6 Å². The molecule has 10 heteroatoms. The number of furan rings is 1. The highest BCUT2D eigenvalue weighted by Gasteiger charge is 2.54. The van der Waals surface area contributed by atoms with Crippen LogP contribution in [0, 0.1) is 11.8 Å². The minimum atomic E-state index is -0.637. The summed E-state index contributed by atoms with van der Waals surface area (Å²) in [5, 5.41) is 1.85. The third kappa shape index (κ3) is 7.35. The van der Waals surface area contributed by atoms with E-state index in [9.17, 15) is 0 Å². The van der Waals surface area contributed by atoms with Crippen LogP contribution in [0.1, 0.15) is 134 Å². The number of ether oxygens (including phenoxy) is 2. The molecule has 7 nitrogen and oxygen atoms in total. The quantitative estimate of drug-likeness (QED) is 0.140. The van der Waals surface area contributed by atoms with Gasteiger partial charge >= 0.3 is 14.2 Å². The Morgan fingerprint density at radius 1 is 0.646 bits per heavy atom. The number of hydrogen-bond donors (Lipinski definition) is 0. The molecule has 0 aliphatic carbocycles. The Balaban J connectivity index is 1.66. The summed E-state index contributed by atoms with van der Waals surface area (Å²) in [7, 11) is -1.12. The Hall–Kier alpha value is -1.71. The van der Waals surface area contributed by atoms with Gasteiger partial charge in [-0.1, -0.05) is 66.2 Å². The van der Waals surface area contributed by atoms with Crippen LogP contribution in [0.4, 0.5) is 0 Å². The predicted octanol–water partition coefficient (Wildman–Crippen LogP) is 9.44. The second-order valence-corrected chi connectivity index (χ2v) is 17.2. The Morgan fingerprint density at radius 3 is 1.60 bits per heavy atom. The van der Waals surface area contributed by atoms with Crippen molar-refractivity contribution in [2.24, 2.45) is 11.8 Å².